The van der Waals surface area contributed by atoms with Crippen molar-refractivity contribution in [1.29, 1.82) is 0 Å². The predicted molar refractivity (Wildman–Crippen MR) is 51.9 cm³/mol. The summed E-state index contributed by atoms with van der Waals surface area (Å²) in [6.07, 6.45) is 10.0. The largest absolute Gasteiger partial charge is 0.333 e. The van der Waals surface area contributed by atoms with Gasteiger partial charge in [-0.1, -0.05) is 18.2 Å². The Morgan fingerprint density at radius 2 is 1.45 bits per heavy atom. The molecule has 1 aliphatic carbocycles. The average molecular weight is 158 g/mol. The van der Waals surface area contributed by atoms with Crippen molar-refractivity contribution in [3.05, 3.63) is 24.3 Å². The molecule has 1 radical (unpaired) electrons. The molecule has 67 valence electrons. The molecule has 0 aliphatic heterocycles. The second-order valence-corrected chi connectivity index (χ2v) is 1.00. The van der Waals surface area contributed by atoms with Crippen LogP contribution < -0.4 is 17.2 Å². The van der Waals surface area contributed by atoms with Crippen LogP contribution in [0.1, 0.15) is 6.42 Å². The van der Waals surface area contributed by atoms with Crippen LogP contribution in [0.2, 0.25) is 0 Å². The van der Waals surface area contributed by atoms with Crippen LogP contribution in [0.3, 0.4) is 0 Å². The molecule has 0 bridgehead atoms. The zero-order valence-corrected chi connectivity index (χ0v) is 7.67. The lowest BCUT2D eigenvalue weighted by molar-refractivity contribution is 1.40. The molecular weight excluding hydrogens is 138 g/mol. The zero-order chi connectivity index (χ0) is 9.54. The van der Waals surface area contributed by atoms with Gasteiger partial charge in [-0.15, -0.1) is 0 Å². The first-order valence-electron chi connectivity index (χ1n) is 3.45. The Hall–Kier alpha value is -0.640. The average Bonchev–Trinajstić information content (AvgIpc) is 2.71. The van der Waals surface area contributed by atoms with Crippen molar-refractivity contribution in [2.45, 2.75) is 6.42 Å². The number of hydrogen-bond acceptors (Lipinski definition) is 3. The van der Waals surface area contributed by atoms with Crippen LogP contribution in [0.4, 0.5) is 0 Å². The molecule has 0 heterocycles. The third-order valence-corrected chi connectivity index (χ3v) is 0.586. The normalized spacial score (nSPS) is 9.64. The molecule has 0 aromatic carbocycles. The standard InChI is InChI=1S/C5H5.3CH5N/c1-2-4-5-3-1;3*1-2/h1-3H,4H2;3*2H2,1H3. The maximum atomic E-state index is 4.50. The summed E-state index contributed by atoms with van der Waals surface area (Å²) in [5, 5.41) is 0. The first-order chi connectivity index (χ1) is 5.50. The van der Waals surface area contributed by atoms with Gasteiger partial charge in [0.05, 0.1) is 0 Å². The molecule has 3 heteroatoms. The third-order valence-electron chi connectivity index (χ3n) is 0.586. The minimum atomic E-state index is 1.01. The van der Waals surface area contributed by atoms with Crippen molar-refractivity contribution in [3.63, 3.8) is 0 Å². The van der Waals surface area contributed by atoms with Crippen LogP contribution in [0.5, 0.6) is 0 Å². The van der Waals surface area contributed by atoms with Crippen LogP contribution in [0.15, 0.2) is 18.2 Å². The summed E-state index contributed by atoms with van der Waals surface area (Å²) in [7, 11) is 4.50. The Morgan fingerprint density at radius 1 is 1.00 bits per heavy atom. The van der Waals surface area contributed by atoms with E-state index in [1.807, 2.05) is 12.2 Å². The summed E-state index contributed by atoms with van der Waals surface area (Å²) in [6, 6.07) is 0. The minimum absolute atomic E-state index is 1.01. The first kappa shape index (κ1) is 16.8. The maximum absolute atomic E-state index is 4.50. The SMILES string of the molecule is CN.CN.CN.[C]1=CC=CC1. The fraction of sp³-hybridized carbons (Fsp3) is 0.500. The lowest BCUT2D eigenvalue weighted by Crippen LogP contribution is -1.69. The molecule has 0 aromatic heterocycles. The topological polar surface area (TPSA) is 78.1 Å². The number of hydrogen-bond donors (Lipinski definition) is 3. The lowest BCUT2D eigenvalue weighted by Gasteiger charge is -1.55. The molecule has 3 nitrogen and oxygen atoms in total. The fourth-order valence-electron chi connectivity index (χ4n) is 0.340. The van der Waals surface area contributed by atoms with Gasteiger partial charge in [-0.2, -0.15) is 0 Å². The van der Waals surface area contributed by atoms with E-state index in [4.69, 9.17) is 0 Å². The molecule has 0 amide bonds. The molecule has 0 fully saturated rings. The van der Waals surface area contributed by atoms with E-state index < -0.39 is 0 Å². The van der Waals surface area contributed by atoms with Gasteiger partial charge in [0.15, 0.2) is 0 Å². The predicted octanol–water partition coefficient (Wildman–Crippen LogP) is 0.0304. The van der Waals surface area contributed by atoms with Crippen molar-refractivity contribution in [3.8, 4) is 0 Å². The summed E-state index contributed by atoms with van der Waals surface area (Å²) in [4.78, 5) is 0. The molecule has 0 atom stereocenters. The first-order valence-corrected chi connectivity index (χ1v) is 3.45. The Balaban J connectivity index is -0.0000000933. The monoisotopic (exact) mass is 158 g/mol. The van der Waals surface area contributed by atoms with Gasteiger partial charge >= 0.3 is 0 Å². The minimum Gasteiger partial charge on any atom is -0.333 e. The van der Waals surface area contributed by atoms with Gasteiger partial charge in [-0.05, 0) is 33.6 Å². The third kappa shape index (κ3) is 26.7. The van der Waals surface area contributed by atoms with Crippen molar-refractivity contribution in [2.24, 2.45) is 17.2 Å². The van der Waals surface area contributed by atoms with Crippen molar-refractivity contribution >= 4 is 0 Å². The van der Waals surface area contributed by atoms with E-state index in [1.54, 1.807) is 0 Å². The molecule has 0 saturated heterocycles. The second-order valence-electron chi connectivity index (χ2n) is 1.00. The molecule has 1 rings (SSSR count). The van der Waals surface area contributed by atoms with E-state index in [1.165, 1.54) is 21.1 Å². The van der Waals surface area contributed by atoms with Crippen molar-refractivity contribution < 1.29 is 0 Å². The van der Waals surface area contributed by atoms with Gasteiger partial charge in [0.2, 0.25) is 0 Å². The molecule has 0 unspecified atom stereocenters. The highest BCUT2D eigenvalue weighted by Crippen LogP contribution is 1.91. The van der Waals surface area contributed by atoms with E-state index in [0.717, 1.165) is 6.42 Å². The van der Waals surface area contributed by atoms with E-state index in [2.05, 4.69) is 29.4 Å². The molecule has 0 aromatic rings. The Morgan fingerprint density at radius 3 is 1.55 bits per heavy atom. The summed E-state index contributed by atoms with van der Waals surface area (Å²) in [6.45, 7) is 0. The Bertz CT molecular complexity index is 67.4. The fourth-order valence-corrected chi connectivity index (χ4v) is 0.340. The van der Waals surface area contributed by atoms with E-state index in [0.29, 0.717) is 0 Å². The highest BCUT2D eigenvalue weighted by Gasteiger charge is 1.73. The van der Waals surface area contributed by atoms with Gasteiger partial charge in [-0.25, -0.2) is 0 Å². The highest BCUT2D eigenvalue weighted by atomic mass is 14.4. The van der Waals surface area contributed by atoms with Crippen molar-refractivity contribution in [1.82, 2.24) is 0 Å². The number of nitrogens with two attached hydrogens (primary N) is 3. The van der Waals surface area contributed by atoms with Crippen LogP contribution in [-0.4, -0.2) is 21.1 Å². The maximum Gasteiger partial charge on any atom is -0.00915 e. The molecule has 1 aliphatic rings. The smallest absolute Gasteiger partial charge is 0.00915 e. The Kier molecular flexibility index (Phi) is 52.4. The highest BCUT2D eigenvalue weighted by molar-refractivity contribution is 5.07. The van der Waals surface area contributed by atoms with Gasteiger partial charge in [0.25, 0.3) is 0 Å². The van der Waals surface area contributed by atoms with Gasteiger partial charge in [-0.3, -0.25) is 0 Å². The molecule has 11 heavy (non-hydrogen) atoms. The van der Waals surface area contributed by atoms with Gasteiger partial charge in [0.1, 0.15) is 0 Å². The molecule has 0 saturated carbocycles. The van der Waals surface area contributed by atoms with Crippen LogP contribution in [-0.2, 0) is 0 Å². The van der Waals surface area contributed by atoms with E-state index in [-0.39, 0.29) is 0 Å². The number of rotatable bonds is 0. The Labute approximate surface area is 69.9 Å². The summed E-state index contributed by atoms with van der Waals surface area (Å²) >= 11 is 0. The van der Waals surface area contributed by atoms with Gasteiger partial charge in [0, 0.05) is 0 Å². The van der Waals surface area contributed by atoms with Gasteiger partial charge < -0.3 is 17.2 Å². The van der Waals surface area contributed by atoms with E-state index >= 15 is 0 Å². The van der Waals surface area contributed by atoms with Crippen molar-refractivity contribution in [2.75, 3.05) is 21.1 Å². The molecule has 0 spiro atoms. The molecule has 6 N–H and O–H groups in total. The quantitative estimate of drug-likeness (QED) is 0.465. The van der Waals surface area contributed by atoms with Crippen LogP contribution in [0.25, 0.3) is 0 Å². The molecular formula is C8H20N3. The van der Waals surface area contributed by atoms with Crippen LogP contribution >= 0.6 is 0 Å². The number of allylic oxidation sites excluding steroid dienone is 4. The zero-order valence-electron chi connectivity index (χ0n) is 7.67. The lowest BCUT2D eigenvalue weighted by atomic mass is 10.5. The summed E-state index contributed by atoms with van der Waals surface area (Å²) in [5.41, 5.74) is 13.5. The summed E-state index contributed by atoms with van der Waals surface area (Å²) < 4.78 is 0. The van der Waals surface area contributed by atoms with Crippen LogP contribution in [0, 0.1) is 6.08 Å². The van der Waals surface area contributed by atoms with E-state index in [9.17, 15) is 0 Å². The second kappa shape index (κ2) is 34.4. The summed E-state index contributed by atoms with van der Waals surface area (Å²) in [5.74, 6) is 0.